The Morgan fingerprint density at radius 1 is 1.67 bits per heavy atom. The van der Waals surface area contributed by atoms with Crippen molar-refractivity contribution in [3.05, 3.63) is 0 Å². The molecule has 15 heavy (non-hydrogen) atoms. The van der Waals surface area contributed by atoms with Crippen LogP contribution in [0.4, 0.5) is 8.78 Å². The van der Waals surface area contributed by atoms with Gasteiger partial charge < -0.3 is 16.2 Å². The number of nitrogens with one attached hydrogen (secondary N) is 1. The molecule has 0 aliphatic heterocycles. The fourth-order valence-electron chi connectivity index (χ4n) is 0.779. The maximum atomic E-state index is 12.5. The fourth-order valence-corrected chi connectivity index (χ4v) is 1.27. The third-order valence-corrected chi connectivity index (χ3v) is 2.37. The van der Waals surface area contributed by atoms with E-state index in [0.29, 0.717) is 12.2 Å². The number of carbonyl (C=O) groups is 1. The highest BCUT2D eigenvalue weighted by atomic mass is 32.2. The second-order valence-electron chi connectivity index (χ2n) is 3.12. The largest absolute Gasteiger partial charge is 0.390 e. The van der Waals surface area contributed by atoms with Crippen molar-refractivity contribution in [3.8, 4) is 0 Å². The monoisotopic (exact) mass is 242 g/mol. The van der Waals surface area contributed by atoms with Gasteiger partial charge in [-0.25, -0.2) is 8.78 Å². The van der Waals surface area contributed by atoms with Crippen LogP contribution in [0.2, 0.25) is 0 Å². The Hall–Kier alpha value is -0.400. The molecule has 0 radical (unpaired) electrons. The van der Waals surface area contributed by atoms with E-state index < -0.39 is 31.0 Å². The zero-order valence-corrected chi connectivity index (χ0v) is 9.32. The van der Waals surface area contributed by atoms with Crippen LogP contribution in [0.15, 0.2) is 0 Å². The topological polar surface area (TPSA) is 75.4 Å². The number of carbonyl (C=O) groups excluding carboxylic acids is 1. The van der Waals surface area contributed by atoms with E-state index in [0.717, 1.165) is 0 Å². The van der Waals surface area contributed by atoms with E-state index in [1.807, 2.05) is 11.6 Å². The van der Waals surface area contributed by atoms with Crippen molar-refractivity contribution in [2.75, 3.05) is 25.2 Å². The second-order valence-corrected chi connectivity index (χ2v) is 4.11. The van der Waals surface area contributed by atoms with E-state index in [2.05, 4.69) is 0 Å². The van der Waals surface area contributed by atoms with Gasteiger partial charge in [0.2, 0.25) is 5.91 Å². The van der Waals surface area contributed by atoms with Crippen LogP contribution in [0.3, 0.4) is 0 Å². The first-order chi connectivity index (χ1) is 6.93. The summed E-state index contributed by atoms with van der Waals surface area (Å²) in [5.41, 5.74) is 5.44. The smallest absolute Gasteiger partial charge is 0.287 e. The molecule has 0 saturated carbocycles. The zero-order valence-electron chi connectivity index (χ0n) is 8.50. The number of hydrogen-bond donors (Lipinski definition) is 3. The molecule has 0 bridgehead atoms. The van der Waals surface area contributed by atoms with Crippen molar-refractivity contribution in [3.63, 3.8) is 0 Å². The molecule has 0 rings (SSSR count). The van der Waals surface area contributed by atoms with Crippen molar-refractivity contribution >= 4 is 17.7 Å². The van der Waals surface area contributed by atoms with E-state index >= 15 is 0 Å². The highest BCUT2D eigenvalue weighted by Crippen LogP contribution is 2.09. The Bertz CT molecular complexity index is 205. The first kappa shape index (κ1) is 14.6. The van der Waals surface area contributed by atoms with Gasteiger partial charge in [0.05, 0.1) is 12.6 Å². The van der Waals surface area contributed by atoms with Gasteiger partial charge in [-0.2, -0.15) is 11.8 Å². The van der Waals surface area contributed by atoms with Gasteiger partial charge in [0.15, 0.2) is 0 Å². The molecule has 0 aliphatic carbocycles. The molecule has 0 aromatic heterocycles. The standard InChI is InChI=1S/C8H16F2N2O2S/c1-15-3-2-6(11)7(14)12-4-8(9,10)5-13/h6,13H,2-5,11H2,1H3,(H,12,14)/t6-/m1/s1. The molecule has 7 heteroatoms. The third kappa shape index (κ3) is 6.64. The molecule has 90 valence electrons. The number of hydrogen-bond acceptors (Lipinski definition) is 4. The molecule has 0 spiro atoms. The summed E-state index contributed by atoms with van der Waals surface area (Å²) in [6.07, 6.45) is 2.31. The number of halogens is 2. The lowest BCUT2D eigenvalue weighted by molar-refractivity contribution is -0.125. The molecule has 0 aromatic rings. The van der Waals surface area contributed by atoms with E-state index in [1.54, 1.807) is 0 Å². The predicted octanol–water partition coefficient (Wildman–Crippen LogP) is -0.189. The normalized spacial score (nSPS) is 13.7. The van der Waals surface area contributed by atoms with Crippen LogP contribution in [-0.2, 0) is 4.79 Å². The van der Waals surface area contributed by atoms with Crippen LogP contribution in [-0.4, -0.2) is 48.1 Å². The molecule has 0 heterocycles. The van der Waals surface area contributed by atoms with Crippen molar-refractivity contribution < 1.29 is 18.7 Å². The van der Waals surface area contributed by atoms with Crippen molar-refractivity contribution in [1.29, 1.82) is 0 Å². The van der Waals surface area contributed by atoms with Crippen LogP contribution in [0.5, 0.6) is 0 Å². The molecule has 4 N–H and O–H groups in total. The lowest BCUT2D eigenvalue weighted by atomic mass is 10.2. The number of aliphatic hydroxyl groups excluding tert-OH is 1. The summed E-state index contributed by atoms with van der Waals surface area (Å²) in [7, 11) is 0. The summed E-state index contributed by atoms with van der Waals surface area (Å²) in [5, 5.41) is 10.3. The molecular formula is C8H16F2N2O2S. The first-order valence-electron chi connectivity index (χ1n) is 4.44. The van der Waals surface area contributed by atoms with Gasteiger partial charge in [-0.15, -0.1) is 0 Å². The van der Waals surface area contributed by atoms with Gasteiger partial charge in [0, 0.05) is 0 Å². The Kier molecular flexibility index (Phi) is 6.78. The van der Waals surface area contributed by atoms with Gasteiger partial charge in [0.1, 0.15) is 6.61 Å². The quantitative estimate of drug-likeness (QED) is 0.578. The Morgan fingerprint density at radius 3 is 2.73 bits per heavy atom. The molecule has 4 nitrogen and oxygen atoms in total. The minimum atomic E-state index is -3.28. The fraction of sp³-hybridized carbons (Fsp3) is 0.875. The van der Waals surface area contributed by atoms with Gasteiger partial charge in [0.25, 0.3) is 5.92 Å². The van der Waals surface area contributed by atoms with E-state index in [-0.39, 0.29) is 0 Å². The highest BCUT2D eigenvalue weighted by Gasteiger charge is 2.28. The van der Waals surface area contributed by atoms with E-state index in [1.165, 1.54) is 11.8 Å². The average Bonchev–Trinajstić information content (AvgIpc) is 2.22. The SMILES string of the molecule is CSCC[C@@H](N)C(=O)NCC(F)(F)CO. The minimum absolute atomic E-state index is 0.442. The molecule has 1 atom stereocenters. The average molecular weight is 242 g/mol. The summed E-state index contributed by atoms with van der Waals surface area (Å²) < 4.78 is 25.0. The molecule has 0 fully saturated rings. The summed E-state index contributed by atoms with van der Waals surface area (Å²) in [6, 6.07) is -0.771. The number of rotatable bonds is 7. The van der Waals surface area contributed by atoms with Crippen LogP contribution in [0, 0.1) is 0 Å². The summed E-state index contributed by atoms with van der Waals surface area (Å²) in [6.45, 7) is -2.16. The second kappa shape index (κ2) is 6.97. The third-order valence-electron chi connectivity index (χ3n) is 1.72. The van der Waals surface area contributed by atoms with Gasteiger partial charge >= 0.3 is 0 Å². The van der Waals surface area contributed by atoms with Crippen LogP contribution in [0.25, 0.3) is 0 Å². The van der Waals surface area contributed by atoms with Crippen LogP contribution in [0.1, 0.15) is 6.42 Å². The number of thioether (sulfide) groups is 1. The lowest BCUT2D eigenvalue weighted by Gasteiger charge is -2.16. The lowest BCUT2D eigenvalue weighted by Crippen LogP contribution is -2.46. The Balaban J connectivity index is 3.82. The predicted molar refractivity (Wildman–Crippen MR) is 56.0 cm³/mol. The summed E-state index contributed by atoms with van der Waals surface area (Å²) in [4.78, 5) is 11.2. The zero-order chi connectivity index (χ0) is 11.9. The highest BCUT2D eigenvalue weighted by molar-refractivity contribution is 7.98. The molecule has 1 amide bonds. The summed E-state index contributed by atoms with van der Waals surface area (Å²) in [5.74, 6) is -3.20. The van der Waals surface area contributed by atoms with E-state index in [4.69, 9.17) is 10.8 Å². The number of aliphatic hydroxyl groups is 1. The van der Waals surface area contributed by atoms with Crippen molar-refractivity contribution in [2.45, 2.75) is 18.4 Å². The maximum absolute atomic E-state index is 12.5. The molecule has 0 unspecified atom stereocenters. The van der Waals surface area contributed by atoms with Gasteiger partial charge in [-0.1, -0.05) is 0 Å². The maximum Gasteiger partial charge on any atom is 0.287 e. The first-order valence-corrected chi connectivity index (χ1v) is 5.83. The molecule has 0 aliphatic rings. The Labute approximate surface area is 91.6 Å². The number of amides is 1. The number of alkyl halides is 2. The minimum Gasteiger partial charge on any atom is -0.390 e. The van der Waals surface area contributed by atoms with Crippen LogP contribution < -0.4 is 11.1 Å². The van der Waals surface area contributed by atoms with Gasteiger partial charge in [-0.3, -0.25) is 4.79 Å². The van der Waals surface area contributed by atoms with Crippen LogP contribution >= 0.6 is 11.8 Å². The summed E-state index contributed by atoms with van der Waals surface area (Å²) >= 11 is 1.53. The molecule has 0 saturated heterocycles. The van der Waals surface area contributed by atoms with Crippen molar-refractivity contribution in [2.24, 2.45) is 5.73 Å². The molecule has 0 aromatic carbocycles. The van der Waals surface area contributed by atoms with E-state index in [9.17, 15) is 13.6 Å². The van der Waals surface area contributed by atoms with Crippen molar-refractivity contribution in [1.82, 2.24) is 5.32 Å². The Morgan fingerprint density at radius 2 is 2.27 bits per heavy atom. The van der Waals surface area contributed by atoms with Gasteiger partial charge in [-0.05, 0) is 18.4 Å². The number of nitrogens with two attached hydrogens (primary N) is 1. The molecular weight excluding hydrogens is 226 g/mol.